The minimum Gasteiger partial charge on any atom is -0.383 e. The lowest BCUT2D eigenvalue weighted by Gasteiger charge is -2.12. The SMILES string of the molecule is CCn1c(N)c(NCC(=O)NCCOC)c(=O)[nH]c1=O. The van der Waals surface area contributed by atoms with E-state index in [4.69, 9.17) is 10.5 Å². The third-order valence-electron chi connectivity index (χ3n) is 2.61. The molecular formula is C11H19N5O4. The average molecular weight is 285 g/mol. The molecule has 0 saturated heterocycles. The number of carbonyl (C=O) groups is 1. The quantitative estimate of drug-likeness (QED) is 0.442. The molecule has 0 aliphatic rings. The van der Waals surface area contributed by atoms with Crippen molar-refractivity contribution in [1.29, 1.82) is 0 Å². The molecule has 1 aromatic rings. The number of nitrogens with two attached hydrogens (primary N) is 1. The van der Waals surface area contributed by atoms with Gasteiger partial charge < -0.3 is 21.1 Å². The molecule has 5 N–H and O–H groups in total. The van der Waals surface area contributed by atoms with E-state index in [0.717, 1.165) is 0 Å². The summed E-state index contributed by atoms with van der Waals surface area (Å²) in [5.74, 6) is -0.305. The van der Waals surface area contributed by atoms with Crippen molar-refractivity contribution in [2.75, 3.05) is 37.9 Å². The van der Waals surface area contributed by atoms with Gasteiger partial charge in [-0.1, -0.05) is 0 Å². The minimum atomic E-state index is -0.651. The third-order valence-corrected chi connectivity index (χ3v) is 2.61. The Morgan fingerprint density at radius 3 is 2.75 bits per heavy atom. The number of nitrogens with zero attached hydrogens (tertiary/aromatic N) is 1. The van der Waals surface area contributed by atoms with Gasteiger partial charge in [-0.3, -0.25) is 19.1 Å². The Balaban J connectivity index is 2.76. The molecule has 0 spiro atoms. The van der Waals surface area contributed by atoms with E-state index in [9.17, 15) is 14.4 Å². The summed E-state index contributed by atoms with van der Waals surface area (Å²) in [6.45, 7) is 2.68. The van der Waals surface area contributed by atoms with Crippen LogP contribution in [0.3, 0.4) is 0 Å². The number of H-pyrrole nitrogens is 1. The molecule has 1 rings (SSSR count). The number of ether oxygens (including phenoxy) is 1. The fraction of sp³-hybridized carbons (Fsp3) is 0.545. The predicted octanol–water partition coefficient (Wildman–Crippen LogP) is -1.69. The van der Waals surface area contributed by atoms with Crippen molar-refractivity contribution >= 4 is 17.4 Å². The Morgan fingerprint density at radius 2 is 2.15 bits per heavy atom. The molecule has 0 aromatic carbocycles. The smallest absolute Gasteiger partial charge is 0.330 e. The lowest BCUT2D eigenvalue weighted by molar-refractivity contribution is -0.119. The van der Waals surface area contributed by atoms with Gasteiger partial charge in [0.1, 0.15) is 11.5 Å². The molecule has 112 valence electrons. The van der Waals surface area contributed by atoms with Gasteiger partial charge in [-0.2, -0.15) is 0 Å². The molecule has 1 heterocycles. The van der Waals surface area contributed by atoms with Crippen molar-refractivity contribution in [1.82, 2.24) is 14.9 Å². The van der Waals surface area contributed by atoms with E-state index in [2.05, 4.69) is 15.6 Å². The number of rotatable bonds is 7. The monoisotopic (exact) mass is 285 g/mol. The van der Waals surface area contributed by atoms with E-state index in [1.54, 1.807) is 6.92 Å². The molecule has 9 heteroatoms. The van der Waals surface area contributed by atoms with Gasteiger partial charge in [0.15, 0.2) is 0 Å². The van der Waals surface area contributed by atoms with Gasteiger partial charge in [0, 0.05) is 20.2 Å². The van der Waals surface area contributed by atoms with Crippen LogP contribution in [0, 0.1) is 0 Å². The van der Waals surface area contributed by atoms with E-state index in [1.807, 2.05) is 0 Å². The first-order valence-electron chi connectivity index (χ1n) is 6.13. The highest BCUT2D eigenvalue weighted by Crippen LogP contribution is 2.08. The van der Waals surface area contributed by atoms with Crippen molar-refractivity contribution in [2.24, 2.45) is 0 Å². The molecular weight excluding hydrogens is 266 g/mol. The number of hydrogen-bond acceptors (Lipinski definition) is 6. The number of anilines is 2. The van der Waals surface area contributed by atoms with Gasteiger partial charge in [-0.25, -0.2) is 4.79 Å². The van der Waals surface area contributed by atoms with E-state index < -0.39 is 11.2 Å². The van der Waals surface area contributed by atoms with E-state index in [0.29, 0.717) is 19.7 Å². The van der Waals surface area contributed by atoms with Crippen LogP contribution < -0.4 is 27.6 Å². The van der Waals surface area contributed by atoms with E-state index >= 15 is 0 Å². The summed E-state index contributed by atoms with van der Waals surface area (Å²) in [6, 6.07) is 0. The Bertz CT molecular complexity index is 577. The second kappa shape index (κ2) is 7.34. The van der Waals surface area contributed by atoms with E-state index in [-0.39, 0.29) is 24.0 Å². The molecule has 0 fully saturated rings. The van der Waals surface area contributed by atoms with Gasteiger partial charge in [-0.05, 0) is 6.92 Å². The fourth-order valence-electron chi connectivity index (χ4n) is 1.60. The van der Waals surface area contributed by atoms with Crippen LogP contribution >= 0.6 is 0 Å². The minimum absolute atomic E-state index is 0.00550. The molecule has 1 aromatic heterocycles. The van der Waals surface area contributed by atoms with Crippen LogP contribution in [-0.4, -0.2) is 42.3 Å². The molecule has 0 saturated carbocycles. The van der Waals surface area contributed by atoms with Crippen molar-refractivity contribution in [2.45, 2.75) is 13.5 Å². The van der Waals surface area contributed by atoms with Crippen LogP contribution in [0.4, 0.5) is 11.5 Å². The first-order chi connectivity index (χ1) is 9.51. The zero-order valence-corrected chi connectivity index (χ0v) is 11.5. The van der Waals surface area contributed by atoms with Gasteiger partial charge in [-0.15, -0.1) is 0 Å². The predicted molar refractivity (Wildman–Crippen MR) is 74.8 cm³/mol. The maximum atomic E-state index is 11.6. The zero-order chi connectivity index (χ0) is 15.1. The van der Waals surface area contributed by atoms with Gasteiger partial charge in [0.2, 0.25) is 5.91 Å². The maximum Gasteiger partial charge on any atom is 0.330 e. The number of aromatic amines is 1. The normalized spacial score (nSPS) is 10.3. The Labute approximate surface area is 115 Å². The number of nitrogens with one attached hydrogen (secondary N) is 3. The highest BCUT2D eigenvalue weighted by atomic mass is 16.5. The number of carbonyl (C=O) groups excluding carboxylic acids is 1. The van der Waals surface area contributed by atoms with E-state index in [1.165, 1.54) is 11.7 Å². The number of methoxy groups -OCH3 is 1. The van der Waals surface area contributed by atoms with Crippen LogP contribution in [-0.2, 0) is 16.1 Å². The first kappa shape index (κ1) is 15.8. The largest absolute Gasteiger partial charge is 0.383 e. The number of aromatic nitrogens is 2. The Morgan fingerprint density at radius 1 is 1.45 bits per heavy atom. The molecule has 0 atom stereocenters. The standard InChI is InChI=1S/C11H19N5O4/c1-3-16-9(12)8(10(18)15-11(16)19)14-6-7(17)13-4-5-20-2/h14H,3-6,12H2,1-2H3,(H,13,17)(H,15,18,19). The average Bonchev–Trinajstić information content (AvgIpc) is 2.38. The molecule has 1 amide bonds. The van der Waals surface area contributed by atoms with Crippen molar-refractivity contribution in [3.63, 3.8) is 0 Å². The maximum absolute atomic E-state index is 11.6. The van der Waals surface area contributed by atoms with Crippen LogP contribution in [0.5, 0.6) is 0 Å². The van der Waals surface area contributed by atoms with Crippen LogP contribution in [0.2, 0.25) is 0 Å². The fourth-order valence-corrected chi connectivity index (χ4v) is 1.60. The van der Waals surface area contributed by atoms with Crippen LogP contribution in [0.25, 0.3) is 0 Å². The second-order valence-electron chi connectivity index (χ2n) is 3.96. The number of nitrogen functional groups attached to an aromatic ring is 1. The third kappa shape index (κ3) is 3.85. The summed E-state index contributed by atoms with van der Waals surface area (Å²) in [6.07, 6.45) is 0. The summed E-state index contributed by atoms with van der Waals surface area (Å²) in [5, 5.41) is 5.21. The first-order valence-corrected chi connectivity index (χ1v) is 6.13. The molecule has 0 aliphatic carbocycles. The van der Waals surface area contributed by atoms with Gasteiger partial charge in [0.25, 0.3) is 5.56 Å². The summed E-state index contributed by atoms with van der Waals surface area (Å²) < 4.78 is 5.99. The Hall–Kier alpha value is -2.29. The highest BCUT2D eigenvalue weighted by Gasteiger charge is 2.12. The molecule has 0 aliphatic heterocycles. The van der Waals surface area contributed by atoms with Crippen LogP contribution in [0.1, 0.15) is 6.92 Å². The Kier molecular flexibility index (Phi) is 5.78. The van der Waals surface area contributed by atoms with Crippen molar-refractivity contribution < 1.29 is 9.53 Å². The lowest BCUT2D eigenvalue weighted by atomic mass is 10.4. The lowest BCUT2D eigenvalue weighted by Crippen LogP contribution is -2.37. The second-order valence-corrected chi connectivity index (χ2v) is 3.96. The highest BCUT2D eigenvalue weighted by molar-refractivity contribution is 5.81. The summed E-state index contributed by atoms with van der Waals surface area (Å²) >= 11 is 0. The summed E-state index contributed by atoms with van der Waals surface area (Å²) in [5.41, 5.74) is 4.51. The topological polar surface area (TPSA) is 131 Å². The van der Waals surface area contributed by atoms with Crippen molar-refractivity contribution in [3.8, 4) is 0 Å². The number of hydrogen-bond donors (Lipinski definition) is 4. The molecule has 20 heavy (non-hydrogen) atoms. The van der Waals surface area contributed by atoms with Gasteiger partial charge >= 0.3 is 5.69 Å². The van der Waals surface area contributed by atoms with Crippen molar-refractivity contribution in [3.05, 3.63) is 20.8 Å². The molecule has 9 nitrogen and oxygen atoms in total. The molecule has 0 unspecified atom stereocenters. The summed E-state index contributed by atoms with van der Waals surface area (Å²) in [7, 11) is 1.53. The molecule has 0 radical (unpaired) electrons. The van der Waals surface area contributed by atoms with Crippen LogP contribution in [0.15, 0.2) is 9.59 Å². The number of amides is 1. The summed E-state index contributed by atoms with van der Waals surface area (Å²) in [4.78, 5) is 36.7. The van der Waals surface area contributed by atoms with Gasteiger partial charge in [0.05, 0.1) is 13.2 Å². The molecule has 0 bridgehead atoms. The zero-order valence-electron chi connectivity index (χ0n) is 11.5.